The second kappa shape index (κ2) is 7.73. The normalized spacial score (nSPS) is 21.4. The molecule has 168 valence electrons. The summed E-state index contributed by atoms with van der Waals surface area (Å²) < 4.78 is 39.7. The second-order valence-electron chi connectivity index (χ2n) is 9.50. The average Bonchev–Trinajstić information content (AvgIpc) is 3.05. The van der Waals surface area contributed by atoms with Gasteiger partial charge >= 0.3 is 0 Å². The molecule has 0 saturated carbocycles. The number of nitrogens with one attached hydrogen (secondary N) is 1. The first-order valence-corrected chi connectivity index (χ1v) is 12.8. The summed E-state index contributed by atoms with van der Waals surface area (Å²) in [6.45, 7) is 7.87. The van der Waals surface area contributed by atoms with E-state index in [0.717, 1.165) is 23.2 Å². The summed E-state index contributed by atoms with van der Waals surface area (Å²) in [4.78, 5) is 12.9. The first-order valence-electron chi connectivity index (χ1n) is 10.9. The Morgan fingerprint density at radius 1 is 1.35 bits per heavy atom. The molecule has 6 nitrogen and oxygen atoms in total. The molecule has 1 amide bonds. The maximum Gasteiger partial charge on any atom is 0.223 e. The van der Waals surface area contributed by atoms with Gasteiger partial charge in [0.2, 0.25) is 5.91 Å². The Hall–Kier alpha value is -2.22. The van der Waals surface area contributed by atoms with E-state index in [-0.39, 0.29) is 35.2 Å². The number of sulfone groups is 1. The van der Waals surface area contributed by atoms with Crippen LogP contribution < -0.4 is 5.32 Å². The Morgan fingerprint density at radius 3 is 2.68 bits per heavy atom. The monoisotopic (exact) mass is 447 g/mol. The molecule has 0 spiro atoms. The van der Waals surface area contributed by atoms with Crippen LogP contribution in [0.2, 0.25) is 0 Å². The number of hydrogen-bond donors (Lipinski definition) is 1. The largest absolute Gasteiger partial charge is 0.349 e. The van der Waals surface area contributed by atoms with E-state index < -0.39 is 15.4 Å². The van der Waals surface area contributed by atoms with Crippen LogP contribution in [0.4, 0.5) is 4.39 Å². The highest BCUT2D eigenvalue weighted by Crippen LogP contribution is 2.36. The van der Waals surface area contributed by atoms with E-state index in [4.69, 9.17) is 5.10 Å². The van der Waals surface area contributed by atoms with E-state index >= 15 is 0 Å². The minimum atomic E-state index is -3.03. The lowest BCUT2D eigenvalue weighted by Crippen LogP contribution is -2.64. The molecule has 2 heterocycles. The van der Waals surface area contributed by atoms with Gasteiger partial charge in [0.05, 0.1) is 22.7 Å². The molecule has 31 heavy (non-hydrogen) atoms. The molecule has 1 atom stereocenters. The first kappa shape index (κ1) is 22.0. The zero-order chi connectivity index (χ0) is 22.6. The van der Waals surface area contributed by atoms with E-state index in [1.807, 2.05) is 31.5 Å². The summed E-state index contributed by atoms with van der Waals surface area (Å²) in [5.74, 6) is -0.662. The van der Waals surface area contributed by atoms with Gasteiger partial charge in [-0.25, -0.2) is 12.8 Å². The number of carbonyl (C=O) groups excluding carboxylic acids is 1. The van der Waals surface area contributed by atoms with Gasteiger partial charge in [-0.05, 0) is 57.7 Å². The third-order valence-electron chi connectivity index (χ3n) is 6.36. The van der Waals surface area contributed by atoms with Gasteiger partial charge in [-0.2, -0.15) is 5.10 Å². The van der Waals surface area contributed by atoms with Crippen LogP contribution in [0.1, 0.15) is 57.0 Å². The average molecular weight is 448 g/mol. The Bertz CT molecular complexity index is 1130. The quantitative estimate of drug-likeness (QED) is 0.763. The minimum absolute atomic E-state index is 0.00910. The number of aromatic nitrogens is 2. The molecule has 1 fully saturated rings. The highest BCUT2D eigenvalue weighted by molar-refractivity contribution is 7.93. The molecular formula is C23H30FN3O3S. The Balaban J connectivity index is 1.63. The molecular weight excluding hydrogens is 417 g/mol. The van der Waals surface area contributed by atoms with Crippen molar-refractivity contribution in [1.29, 1.82) is 0 Å². The van der Waals surface area contributed by atoms with Crippen LogP contribution in [0.25, 0.3) is 11.3 Å². The summed E-state index contributed by atoms with van der Waals surface area (Å²) in [5, 5.41) is 7.73. The molecule has 1 aromatic carbocycles. The minimum Gasteiger partial charge on any atom is -0.349 e. The van der Waals surface area contributed by atoms with Gasteiger partial charge < -0.3 is 5.32 Å². The Morgan fingerprint density at radius 2 is 2.06 bits per heavy atom. The fourth-order valence-corrected chi connectivity index (χ4v) is 6.88. The predicted molar refractivity (Wildman–Crippen MR) is 118 cm³/mol. The second-order valence-corrected chi connectivity index (χ2v) is 11.6. The number of rotatable bonds is 5. The van der Waals surface area contributed by atoms with E-state index in [9.17, 15) is 17.6 Å². The van der Waals surface area contributed by atoms with Gasteiger partial charge in [0.1, 0.15) is 5.82 Å². The van der Waals surface area contributed by atoms with Crippen molar-refractivity contribution in [3.05, 3.63) is 40.8 Å². The van der Waals surface area contributed by atoms with Crippen LogP contribution in [-0.2, 0) is 33.9 Å². The molecule has 0 radical (unpaired) electrons. The van der Waals surface area contributed by atoms with Crippen LogP contribution in [0.15, 0.2) is 18.2 Å². The molecule has 1 saturated heterocycles. The zero-order valence-electron chi connectivity index (χ0n) is 18.5. The van der Waals surface area contributed by atoms with Gasteiger partial charge in [0, 0.05) is 35.2 Å². The number of fused-ring (bicyclic) bond motifs is 1. The lowest BCUT2D eigenvalue weighted by Gasteiger charge is -2.39. The number of benzene rings is 1. The van der Waals surface area contributed by atoms with Gasteiger partial charge in [-0.1, -0.05) is 13.0 Å². The predicted octanol–water partition coefficient (Wildman–Crippen LogP) is 3.24. The number of nitrogens with zero attached hydrogens (tertiary/aromatic N) is 2. The van der Waals surface area contributed by atoms with E-state index in [0.29, 0.717) is 30.5 Å². The van der Waals surface area contributed by atoms with Crippen LogP contribution >= 0.6 is 0 Å². The van der Waals surface area contributed by atoms with E-state index in [2.05, 4.69) is 5.32 Å². The zero-order valence-corrected chi connectivity index (χ0v) is 19.4. The summed E-state index contributed by atoms with van der Waals surface area (Å²) in [6.07, 6.45) is 2.61. The molecule has 8 heteroatoms. The van der Waals surface area contributed by atoms with Gasteiger partial charge in [-0.15, -0.1) is 0 Å². The molecule has 0 unspecified atom stereocenters. The van der Waals surface area contributed by atoms with Crippen molar-refractivity contribution in [1.82, 2.24) is 15.1 Å². The van der Waals surface area contributed by atoms with Crippen molar-refractivity contribution >= 4 is 15.7 Å². The number of carbonyl (C=O) groups is 1. The fraction of sp³-hybridized carbons (Fsp3) is 0.565. The molecule has 1 aliphatic heterocycles. The van der Waals surface area contributed by atoms with E-state index in [1.54, 1.807) is 13.0 Å². The topological polar surface area (TPSA) is 81.1 Å². The highest BCUT2D eigenvalue weighted by Gasteiger charge is 2.46. The standard InChI is InChI=1S/C23H30FN3O3S/c1-5-15-6-9-19(24)18(10-15)21-17-8-7-16(11-20(17)27(26-21)14(2)3)22(28)25-23(4)12-31(29,30)13-23/h6,9-10,14,16H,5,7-8,11-13H2,1-4H3,(H,25,28)/t16-/m1/s1. The summed E-state index contributed by atoms with van der Waals surface area (Å²) in [5.41, 5.74) is 3.56. The van der Waals surface area contributed by atoms with Crippen molar-refractivity contribution < 1.29 is 17.6 Å². The molecule has 1 N–H and O–H groups in total. The summed E-state index contributed by atoms with van der Waals surface area (Å²) in [6, 6.07) is 5.25. The summed E-state index contributed by atoms with van der Waals surface area (Å²) in [7, 11) is -3.03. The molecule has 1 aliphatic carbocycles. The maximum absolute atomic E-state index is 14.7. The van der Waals surface area contributed by atoms with Crippen molar-refractivity contribution in [3.63, 3.8) is 0 Å². The molecule has 0 bridgehead atoms. The summed E-state index contributed by atoms with van der Waals surface area (Å²) >= 11 is 0. The number of aryl methyl sites for hydroxylation is 1. The third-order valence-corrected chi connectivity index (χ3v) is 8.51. The van der Waals surface area contributed by atoms with Crippen molar-refractivity contribution in [2.75, 3.05) is 11.5 Å². The lowest BCUT2D eigenvalue weighted by atomic mass is 9.84. The smallest absolute Gasteiger partial charge is 0.223 e. The Labute approximate surface area is 183 Å². The van der Waals surface area contributed by atoms with Crippen molar-refractivity contribution in [2.24, 2.45) is 5.92 Å². The molecule has 4 rings (SSSR count). The van der Waals surface area contributed by atoms with Crippen LogP contribution in [0, 0.1) is 11.7 Å². The van der Waals surface area contributed by atoms with Crippen LogP contribution in [0.5, 0.6) is 0 Å². The number of amides is 1. The van der Waals surface area contributed by atoms with Gasteiger partial charge in [0.15, 0.2) is 9.84 Å². The van der Waals surface area contributed by atoms with Gasteiger partial charge in [0.25, 0.3) is 0 Å². The number of hydrogen-bond acceptors (Lipinski definition) is 4. The maximum atomic E-state index is 14.7. The molecule has 2 aliphatic rings. The van der Waals surface area contributed by atoms with Crippen LogP contribution in [0.3, 0.4) is 0 Å². The lowest BCUT2D eigenvalue weighted by molar-refractivity contribution is -0.126. The number of halogens is 1. The van der Waals surface area contributed by atoms with Crippen LogP contribution in [-0.4, -0.2) is 41.2 Å². The first-order chi connectivity index (χ1) is 14.5. The Kier molecular flexibility index (Phi) is 5.48. The highest BCUT2D eigenvalue weighted by atomic mass is 32.2. The van der Waals surface area contributed by atoms with Crippen molar-refractivity contribution in [3.8, 4) is 11.3 Å². The SMILES string of the molecule is CCc1ccc(F)c(-c2nn(C(C)C)c3c2CC[C@@H](C(=O)NC2(C)CS(=O)(=O)C2)C3)c1. The fourth-order valence-electron chi connectivity index (χ4n) is 4.88. The van der Waals surface area contributed by atoms with Crippen molar-refractivity contribution in [2.45, 2.75) is 65.0 Å². The van der Waals surface area contributed by atoms with Gasteiger partial charge in [-0.3, -0.25) is 9.48 Å². The molecule has 1 aromatic heterocycles. The molecule has 2 aromatic rings. The third kappa shape index (κ3) is 4.14. The van der Waals surface area contributed by atoms with E-state index in [1.165, 1.54) is 6.07 Å².